The third-order valence-corrected chi connectivity index (χ3v) is 2.79. The molecule has 0 aliphatic rings. The van der Waals surface area contributed by atoms with Crippen LogP contribution in [-0.4, -0.2) is 0 Å². The van der Waals surface area contributed by atoms with Gasteiger partial charge < -0.3 is 0 Å². The summed E-state index contributed by atoms with van der Waals surface area (Å²) in [5.41, 5.74) is 4.68. The van der Waals surface area contributed by atoms with E-state index < -0.39 is 0 Å². The first-order chi connectivity index (χ1) is 7.20. The summed E-state index contributed by atoms with van der Waals surface area (Å²) in [5.74, 6) is 0.683. The lowest BCUT2D eigenvalue weighted by Gasteiger charge is -2.03. The van der Waals surface area contributed by atoms with Crippen LogP contribution in [0.25, 0.3) is 0 Å². The zero-order chi connectivity index (χ0) is 11.5. The van der Waals surface area contributed by atoms with Gasteiger partial charge in [-0.25, -0.2) is 0 Å². The molecule has 0 spiro atoms. The molecule has 0 radical (unpaired) electrons. The number of hydrogen-bond acceptors (Lipinski definition) is 0. The number of unbranched alkanes of at least 4 members (excludes halogenated alkanes) is 3. The van der Waals surface area contributed by atoms with Crippen molar-refractivity contribution in [2.24, 2.45) is 5.92 Å². The van der Waals surface area contributed by atoms with Crippen molar-refractivity contribution < 1.29 is 0 Å². The molecule has 0 bridgehead atoms. The van der Waals surface area contributed by atoms with Crippen molar-refractivity contribution >= 4 is 0 Å². The van der Waals surface area contributed by atoms with Gasteiger partial charge in [-0.2, -0.15) is 0 Å². The molecule has 0 aromatic heterocycles. The van der Waals surface area contributed by atoms with E-state index in [4.69, 9.17) is 0 Å². The van der Waals surface area contributed by atoms with Crippen LogP contribution in [-0.2, 0) is 0 Å². The van der Waals surface area contributed by atoms with Gasteiger partial charge in [0, 0.05) is 0 Å². The van der Waals surface area contributed by atoms with Crippen molar-refractivity contribution in [3.8, 4) is 0 Å². The predicted octanol–water partition coefficient (Wildman–Crippen LogP) is 5.27. The van der Waals surface area contributed by atoms with Gasteiger partial charge in [0.15, 0.2) is 0 Å². The molecular formula is C15H26. The topological polar surface area (TPSA) is 0 Å². The van der Waals surface area contributed by atoms with Gasteiger partial charge in [0.25, 0.3) is 0 Å². The van der Waals surface area contributed by atoms with Gasteiger partial charge in [0.2, 0.25) is 0 Å². The zero-order valence-corrected chi connectivity index (χ0v) is 10.7. The van der Waals surface area contributed by atoms with Crippen LogP contribution in [0.3, 0.4) is 0 Å². The van der Waals surface area contributed by atoms with E-state index in [0.29, 0.717) is 5.92 Å². The monoisotopic (exact) mass is 206 g/mol. The molecule has 0 aromatic rings. The Bertz CT molecular complexity index is 216. The van der Waals surface area contributed by atoms with E-state index in [0.717, 1.165) is 6.42 Å². The summed E-state index contributed by atoms with van der Waals surface area (Å²) in [7, 11) is 0. The van der Waals surface area contributed by atoms with Gasteiger partial charge in [-0.05, 0) is 50.2 Å². The molecule has 1 unspecified atom stereocenters. The molecule has 0 aliphatic carbocycles. The molecule has 86 valence electrons. The Kier molecular flexibility index (Phi) is 9.32. The summed E-state index contributed by atoms with van der Waals surface area (Å²) in [6.45, 7) is 10.3. The molecule has 1 atom stereocenters. The van der Waals surface area contributed by atoms with Crippen LogP contribution < -0.4 is 0 Å². The smallest absolute Gasteiger partial charge is 0.0265 e. The minimum Gasteiger partial charge on any atom is -0.126 e. The Hall–Kier alpha value is -0.740. The molecule has 0 heteroatoms. The van der Waals surface area contributed by atoms with Crippen molar-refractivity contribution in [3.05, 3.63) is 30.0 Å². The van der Waals surface area contributed by atoms with E-state index in [2.05, 4.69) is 39.2 Å². The highest BCUT2D eigenvalue weighted by Gasteiger charge is 1.94. The Morgan fingerprint density at radius 1 is 1.33 bits per heavy atom. The van der Waals surface area contributed by atoms with E-state index in [-0.39, 0.29) is 0 Å². The zero-order valence-electron chi connectivity index (χ0n) is 10.7. The van der Waals surface area contributed by atoms with Crippen molar-refractivity contribution in [2.45, 2.75) is 59.3 Å². The second-order valence-corrected chi connectivity index (χ2v) is 4.33. The molecule has 0 heterocycles. The van der Waals surface area contributed by atoms with Gasteiger partial charge in [-0.15, -0.1) is 12.3 Å². The van der Waals surface area contributed by atoms with Crippen LogP contribution in [0.1, 0.15) is 59.3 Å². The summed E-state index contributed by atoms with van der Waals surface area (Å²) in [5, 5.41) is 0. The van der Waals surface area contributed by atoms with Crippen LogP contribution in [0.4, 0.5) is 0 Å². The molecule has 0 saturated heterocycles. The molecule has 0 N–H and O–H groups in total. The maximum absolute atomic E-state index is 3.80. The number of allylic oxidation sites excluding steroid dienone is 2. The van der Waals surface area contributed by atoms with E-state index in [1.54, 1.807) is 0 Å². The van der Waals surface area contributed by atoms with E-state index in [9.17, 15) is 0 Å². The molecular weight excluding hydrogens is 180 g/mol. The van der Waals surface area contributed by atoms with Gasteiger partial charge in [0.05, 0.1) is 0 Å². The van der Waals surface area contributed by atoms with Gasteiger partial charge >= 0.3 is 0 Å². The predicted molar refractivity (Wildman–Crippen MR) is 70.0 cm³/mol. The summed E-state index contributed by atoms with van der Waals surface area (Å²) in [6.07, 6.45) is 11.8. The first kappa shape index (κ1) is 14.3. The van der Waals surface area contributed by atoms with E-state index in [1.165, 1.54) is 37.7 Å². The Morgan fingerprint density at radius 2 is 2.07 bits per heavy atom. The van der Waals surface area contributed by atoms with Crippen molar-refractivity contribution in [2.75, 3.05) is 0 Å². The summed E-state index contributed by atoms with van der Waals surface area (Å²) < 4.78 is 0. The molecule has 0 nitrogen and oxygen atoms in total. The second kappa shape index (κ2) is 9.80. The van der Waals surface area contributed by atoms with Crippen LogP contribution in [0.5, 0.6) is 0 Å². The quantitative estimate of drug-likeness (QED) is 0.288. The fraction of sp³-hybridized carbons (Fsp3) is 0.667. The molecule has 0 aromatic carbocycles. The molecule has 0 aliphatic heterocycles. The molecule has 0 amide bonds. The lowest BCUT2D eigenvalue weighted by atomic mass is 10.0. The minimum absolute atomic E-state index is 0.683. The first-order valence-electron chi connectivity index (χ1n) is 6.23. The normalized spacial score (nSPS) is 11.7. The first-order valence-corrected chi connectivity index (χ1v) is 6.23. The fourth-order valence-corrected chi connectivity index (χ4v) is 1.36. The van der Waals surface area contributed by atoms with Gasteiger partial charge in [0.1, 0.15) is 0 Å². The highest BCUT2D eigenvalue weighted by molar-refractivity contribution is 4.96. The lowest BCUT2D eigenvalue weighted by Crippen LogP contribution is -1.88. The number of hydrogen-bond donors (Lipinski definition) is 0. The Balaban J connectivity index is 3.40. The van der Waals surface area contributed by atoms with Crippen LogP contribution in [0.15, 0.2) is 30.0 Å². The maximum Gasteiger partial charge on any atom is -0.0265 e. The maximum atomic E-state index is 3.80. The average molecular weight is 206 g/mol. The highest BCUT2D eigenvalue weighted by Crippen LogP contribution is 2.11. The highest BCUT2D eigenvalue weighted by atomic mass is 14.0. The van der Waals surface area contributed by atoms with Crippen LogP contribution in [0, 0.1) is 5.92 Å². The van der Waals surface area contributed by atoms with Crippen molar-refractivity contribution in [1.82, 2.24) is 0 Å². The van der Waals surface area contributed by atoms with Gasteiger partial charge in [-0.3, -0.25) is 0 Å². The molecule has 0 saturated carbocycles. The second-order valence-electron chi connectivity index (χ2n) is 4.33. The molecule has 15 heavy (non-hydrogen) atoms. The summed E-state index contributed by atoms with van der Waals surface area (Å²) in [6, 6.07) is 0. The molecule has 0 fully saturated rings. The van der Waals surface area contributed by atoms with Crippen LogP contribution in [0.2, 0.25) is 0 Å². The third-order valence-electron chi connectivity index (χ3n) is 2.79. The standard InChI is InChI=1S/C15H26/c1-5-14(3)12-10-8-7-9-11-13-15(4)6-2/h5,11,14H,1,6-10,12H2,2-4H3. The Labute approximate surface area is 95.8 Å². The van der Waals surface area contributed by atoms with E-state index >= 15 is 0 Å². The third kappa shape index (κ3) is 9.56. The SMILES string of the molecule is C=CC(C)CCCCCC=C=C(C)CC. The summed E-state index contributed by atoms with van der Waals surface area (Å²) in [4.78, 5) is 0. The van der Waals surface area contributed by atoms with Crippen molar-refractivity contribution in [1.29, 1.82) is 0 Å². The summed E-state index contributed by atoms with van der Waals surface area (Å²) >= 11 is 0. The Morgan fingerprint density at radius 3 is 2.67 bits per heavy atom. The molecule has 0 rings (SSSR count). The largest absolute Gasteiger partial charge is 0.126 e. The lowest BCUT2D eigenvalue weighted by molar-refractivity contribution is 0.568. The van der Waals surface area contributed by atoms with Crippen molar-refractivity contribution in [3.63, 3.8) is 0 Å². The fourth-order valence-electron chi connectivity index (χ4n) is 1.36. The van der Waals surface area contributed by atoms with Gasteiger partial charge in [-0.1, -0.05) is 32.8 Å². The van der Waals surface area contributed by atoms with Crippen LogP contribution >= 0.6 is 0 Å². The number of rotatable bonds is 8. The minimum atomic E-state index is 0.683. The average Bonchev–Trinajstić information content (AvgIpc) is 2.26. The van der Waals surface area contributed by atoms with E-state index in [1.807, 2.05) is 6.08 Å².